The Morgan fingerprint density at radius 1 is 1.57 bits per heavy atom. The van der Waals surface area contributed by atoms with E-state index in [2.05, 4.69) is 35.5 Å². The maximum absolute atomic E-state index is 3.55. The van der Waals surface area contributed by atoms with E-state index >= 15 is 0 Å². The predicted molar refractivity (Wildman–Crippen MR) is 58.1 cm³/mol. The molecular formula is C11H19N3. The van der Waals surface area contributed by atoms with E-state index in [4.69, 9.17) is 0 Å². The van der Waals surface area contributed by atoms with Crippen molar-refractivity contribution < 1.29 is 0 Å². The molecule has 3 N–H and O–H groups in total. The lowest BCUT2D eigenvalue weighted by Gasteiger charge is -2.17. The molecular weight excluding hydrogens is 174 g/mol. The van der Waals surface area contributed by atoms with Crippen LogP contribution in [0.3, 0.4) is 0 Å². The fourth-order valence-corrected chi connectivity index (χ4v) is 2.04. The normalized spacial score (nSPS) is 25.4. The first-order chi connectivity index (χ1) is 6.66. The van der Waals surface area contributed by atoms with Gasteiger partial charge in [-0.15, -0.1) is 0 Å². The van der Waals surface area contributed by atoms with Gasteiger partial charge in [0, 0.05) is 36.6 Å². The van der Waals surface area contributed by atoms with E-state index in [9.17, 15) is 0 Å². The Kier molecular flexibility index (Phi) is 2.61. The van der Waals surface area contributed by atoms with Crippen molar-refractivity contribution in [2.75, 3.05) is 6.54 Å². The average molecular weight is 193 g/mol. The molecule has 0 radical (unpaired) electrons. The van der Waals surface area contributed by atoms with Gasteiger partial charge in [0.1, 0.15) is 0 Å². The molecule has 0 saturated carbocycles. The minimum Gasteiger partial charge on any atom is -0.364 e. The van der Waals surface area contributed by atoms with E-state index in [-0.39, 0.29) is 0 Å². The highest BCUT2D eigenvalue weighted by molar-refractivity contribution is 5.04. The molecule has 0 amide bonds. The lowest BCUT2D eigenvalue weighted by molar-refractivity contribution is 0.441. The summed E-state index contributed by atoms with van der Waals surface area (Å²) in [5, 5.41) is 7.05. The van der Waals surface area contributed by atoms with Gasteiger partial charge in [0.25, 0.3) is 0 Å². The molecule has 2 rings (SSSR count). The van der Waals surface area contributed by atoms with Crippen molar-refractivity contribution in [3.05, 3.63) is 24.0 Å². The van der Waals surface area contributed by atoms with Crippen LogP contribution in [0.1, 0.15) is 26.0 Å². The van der Waals surface area contributed by atoms with Crippen LogP contribution in [0, 0.1) is 0 Å². The van der Waals surface area contributed by atoms with Crippen molar-refractivity contribution in [1.82, 2.24) is 15.6 Å². The van der Waals surface area contributed by atoms with Gasteiger partial charge in [0.2, 0.25) is 0 Å². The van der Waals surface area contributed by atoms with Gasteiger partial charge in [-0.2, -0.15) is 0 Å². The molecule has 1 atom stereocenters. The zero-order valence-electron chi connectivity index (χ0n) is 8.93. The van der Waals surface area contributed by atoms with Crippen LogP contribution < -0.4 is 10.6 Å². The summed E-state index contributed by atoms with van der Waals surface area (Å²) < 4.78 is 0. The van der Waals surface area contributed by atoms with Crippen LogP contribution >= 0.6 is 0 Å². The van der Waals surface area contributed by atoms with Crippen LogP contribution in [0.25, 0.3) is 0 Å². The smallest absolute Gasteiger partial charge is 0.0360 e. The van der Waals surface area contributed by atoms with Crippen LogP contribution in [0.2, 0.25) is 0 Å². The Hall–Kier alpha value is -0.800. The summed E-state index contributed by atoms with van der Waals surface area (Å²) in [5.74, 6) is 0. The Morgan fingerprint density at radius 3 is 3.00 bits per heavy atom. The van der Waals surface area contributed by atoms with Crippen molar-refractivity contribution >= 4 is 0 Å². The fraction of sp³-hybridized carbons (Fsp3) is 0.636. The van der Waals surface area contributed by atoms with Gasteiger partial charge in [-0.1, -0.05) is 0 Å². The highest BCUT2D eigenvalue weighted by Gasteiger charge is 2.29. The van der Waals surface area contributed by atoms with Gasteiger partial charge < -0.3 is 15.6 Å². The second-order valence-electron chi connectivity index (χ2n) is 4.74. The standard InChI is InChI=1S/C11H19N3/c1-11(2)6-10(8-14-11)13-7-9-4-3-5-12-9/h3-5,10,12-14H,6-8H2,1-2H3. The fourth-order valence-electron chi connectivity index (χ4n) is 2.04. The number of nitrogens with one attached hydrogen (secondary N) is 3. The SMILES string of the molecule is CC1(C)CC(NCc2ccc[nH]2)CN1. The molecule has 3 heteroatoms. The summed E-state index contributed by atoms with van der Waals surface area (Å²) in [6.07, 6.45) is 3.17. The lowest BCUT2D eigenvalue weighted by atomic mass is 10.0. The van der Waals surface area contributed by atoms with E-state index in [0.29, 0.717) is 11.6 Å². The molecule has 78 valence electrons. The van der Waals surface area contributed by atoms with Gasteiger partial charge in [-0.25, -0.2) is 0 Å². The molecule has 0 aromatic carbocycles. The number of hydrogen-bond acceptors (Lipinski definition) is 2. The molecule has 1 aromatic heterocycles. The first-order valence-corrected chi connectivity index (χ1v) is 5.26. The predicted octanol–water partition coefficient (Wildman–Crippen LogP) is 1.24. The Bertz CT molecular complexity index is 277. The third-order valence-electron chi connectivity index (χ3n) is 2.83. The Morgan fingerprint density at radius 2 is 2.43 bits per heavy atom. The first-order valence-electron chi connectivity index (χ1n) is 5.26. The number of H-pyrrole nitrogens is 1. The summed E-state index contributed by atoms with van der Waals surface area (Å²) >= 11 is 0. The van der Waals surface area contributed by atoms with Crippen LogP contribution in [0.4, 0.5) is 0 Å². The number of rotatable bonds is 3. The summed E-state index contributed by atoms with van der Waals surface area (Å²) in [6.45, 7) is 6.52. The highest BCUT2D eigenvalue weighted by atomic mass is 15.1. The quantitative estimate of drug-likeness (QED) is 0.676. The van der Waals surface area contributed by atoms with Crippen molar-refractivity contribution in [2.24, 2.45) is 0 Å². The average Bonchev–Trinajstić information content (AvgIpc) is 2.70. The van der Waals surface area contributed by atoms with Gasteiger partial charge in [0.05, 0.1) is 0 Å². The zero-order chi connectivity index (χ0) is 10.0. The van der Waals surface area contributed by atoms with Crippen LogP contribution in [0.5, 0.6) is 0 Å². The topological polar surface area (TPSA) is 39.9 Å². The van der Waals surface area contributed by atoms with Gasteiger partial charge >= 0.3 is 0 Å². The van der Waals surface area contributed by atoms with Crippen molar-refractivity contribution in [3.63, 3.8) is 0 Å². The maximum Gasteiger partial charge on any atom is 0.0360 e. The van der Waals surface area contributed by atoms with E-state index in [1.807, 2.05) is 12.3 Å². The Labute approximate surface area is 85.3 Å². The van der Waals surface area contributed by atoms with Crippen LogP contribution in [-0.2, 0) is 6.54 Å². The maximum atomic E-state index is 3.55. The van der Waals surface area contributed by atoms with Crippen LogP contribution in [-0.4, -0.2) is 23.1 Å². The van der Waals surface area contributed by atoms with E-state index in [1.54, 1.807) is 0 Å². The van der Waals surface area contributed by atoms with Crippen LogP contribution in [0.15, 0.2) is 18.3 Å². The summed E-state index contributed by atoms with van der Waals surface area (Å²) in [7, 11) is 0. The molecule has 0 bridgehead atoms. The molecule has 1 saturated heterocycles. The van der Waals surface area contributed by atoms with Crippen molar-refractivity contribution in [3.8, 4) is 0 Å². The minimum absolute atomic E-state index is 0.299. The molecule has 2 heterocycles. The minimum atomic E-state index is 0.299. The molecule has 1 fully saturated rings. The summed E-state index contributed by atoms with van der Waals surface area (Å²) in [4.78, 5) is 3.20. The molecule has 1 aliphatic rings. The number of aromatic amines is 1. The number of hydrogen-bond donors (Lipinski definition) is 3. The summed E-state index contributed by atoms with van der Waals surface area (Å²) in [5.41, 5.74) is 1.56. The van der Waals surface area contributed by atoms with Gasteiger partial charge in [0.15, 0.2) is 0 Å². The second-order valence-corrected chi connectivity index (χ2v) is 4.74. The third-order valence-corrected chi connectivity index (χ3v) is 2.83. The van der Waals surface area contributed by atoms with Gasteiger partial charge in [-0.05, 0) is 32.4 Å². The second kappa shape index (κ2) is 3.75. The van der Waals surface area contributed by atoms with Crippen molar-refractivity contribution in [1.29, 1.82) is 0 Å². The van der Waals surface area contributed by atoms with Gasteiger partial charge in [-0.3, -0.25) is 0 Å². The molecule has 3 nitrogen and oxygen atoms in total. The highest BCUT2D eigenvalue weighted by Crippen LogP contribution is 2.17. The largest absolute Gasteiger partial charge is 0.364 e. The molecule has 0 spiro atoms. The van der Waals surface area contributed by atoms with E-state index in [0.717, 1.165) is 13.1 Å². The monoisotopic (exact) mass is 193 g/mol. The molecule has 1 unspecified atom stereocenters. The third kappa shape index (κ3) is 2.36. The van der Waals surface area contributed by atoms with Crippen molar-refractivity contribution in [2.45, 2.75) is 38.4 Å². The van der Waals surface area contributed by atoms with E-state index in [1.165, 1.54) is 12.1 Å². The Balaban J connectivity index is 1.78. The molecule has 14 heavy (non-hydrogen) atoms. The molecule has 1 aromatic rings. The lowest BCUT2D eigenvalue weighted by Crippen LogP contribution is -2.31. The molecule has 0 aliphatic carbocycles. The summed E-state index contributed by atoms with van der Waals surface area (Å²) in [6, 6.07) is 4.75. The molecule has 1 aliphatic heterocycles. The first kappa shape index (κ1) is 9.74. The number of aromatic nitrogens is 1. The van der Waals surface area contributed by atoms with E-state index < -0.39 is 0 Å². The zero-order valence-corrected chi connectivity index (χ0v) is 8.93.